The number of anilines is 2. The number of carbonyl (C=O) groups is 5. The summed E-state index contributed by atoms with van der Waals surface area (Å²) >= 11 is 1.45. The molecule has 8 rings (SSSR count). The number of aromatic nitrogens is 1. The van der Waals surface area contributed by atoms with E-state index in [1.165, 1.54) is 22.9 Å². The molecule has 55 heavy (non-hydrogen) atoms. The van der Waals surface area contributed by atoms with E-state index in [9.17, 15) is 29.1 Å². The van der Waals surface area contributed by atoms with Crippen LogP contribution in [0, 0.1) is 5.92 Å². The fourth-order valence-electron chi connectivity index (χ4n) is 8.41. The van der Waals surface area contributed by atoms with Crippen molar-refractivity contribution >= 4 is 52.7 Å². The Hall–Kier alpha value is -5.37. The monoisotopic (exact) mass is 758 g/mol. The van der Waals surface area contributed by atoms with Crippen LogP contribution in [0.25, 0.3) is 11.1 Å². The first-order valence-corrected chi connectivity index (χ1v) is 19.8. The first kappa shape index (κ1) is 36.6. The molecular formula is C42H42N6O6S. The van der Waals surface area contributed by atoms with Gasteiger partial charge in [0.25, 0.3) is 11.8 Å². The highest BCUT2D eigenvalue weighted by molar-refractivity contribution is 7.99. The molecule has 5 amide bonds. The Balaban J connectivity index is 0.871. The summed E-state index contributed by atoms with van der Waals surface area (Å²) in [6.07, 6.45) is 6.49. The molecule has 0 spiro atoms. The van der Waals surface area contributed by atoms with E-state index in [0.717, 1.165) is 46.9 Å². The molecule has 2 saturated heterocycles. The first-order valence-electron chi connectivity index (χ1n) is 18.8. The zero-order chi connectivity index (χ0) is 38.1. The van der Waals surface area contributed by atoms with Gasteiger partial charge in [-0.3, -0.25) is 44.1 Å². The number of thioether (sulfide) groups is 1. The topological polar surface area (TPSA) is 161 Å². The molecule has 4 aliphatic heterocycles. The Bertz CT molecular complexity index is 2160. The van der Waals surface area contributed by atoms with Gasteiger partial charge in [0.05, 0.1) is 23.8 Å². The molecule has 4 aromatic rings. The van der Waals surface area contributed by atoms with Gasteiger partial charge in [-0.2, -0.15) is 0 Å². The van der Waals surface area contributed by atoms with Gasteiger partial charge >= 0.3 is 0 Å². The van der Waals surface area contributed by atoms with E-state index in [4.69, 9.17) is 0 Å². The van der Waals surface area contributed by atoms with Crippen molar-refractivity contribution in [2.75, 3.05) is 29.5 Å². The maximum absolute atomic E-state index is 13.4. The molecule has 2 fully saturated rings. The number of imide groups is 2. The van der Waals surface area contributed by atoms with Crippen LogP contribution in [0.3, 0.4) is 0 Å². The molecule has 0 aliphatic carbocycles. The van der Waals surface area contributed by atoms with E-state index >= 15 is 0 Å². The largest absolute Gasteiger partial charge is 0.394 e. The average molecular weight is 759 g/mol. The summed E-state index contributed by atoms with van der Waals surface area (Å²) < 4.78 is 0. The number of unbranched alkanes of at least 4 members (excludes halogenated alkanes) is 1. The molecule has 4 aliphatic rings. The second-order valence-electron chi connectivity index (χ2n) is 14.5. The Kier molecular flexibility index (Phi) is 10.5. The number of pyridine rings is 1. The van der Waals surface area contributed by atoms with Crippen LogP contribution in [0.5, 0.6) is 0 Å². The van der Waals surface area contributed by atoms with Crippen molar-refractivity contribution < 1.29 is 29.1 Å². The summed E-state index contributed by atoms with van der Waals surface area (Å²) in [5.74, 6) is -1.26. The number of benzene rings is 3. The van der Waals surface area contributed by atoms with Gasteiger partial charge in [0.15, 0.2) is 0 Å². The van der Waals surface area contributed by atoms with E-state index in [2.05, 4.69) is 56.2 Å². The molecule has 0 radical (unpaired) electrons. The molecule has 0 bridgehead atoms. The SMILES string of the molecule is O=C1CCC(N2C(=O)c3cccc(SCCCCC(=O)Nc4cccc(-c5ccc6c(c5)[C@H]5[C@H](CCN5Cc5ccncc5)[C@@H](CO)N6)c4)c3C2=O)C(=O)N1. The highest BCUT2D eigenvalue weighted by atomic mass is 32.2. The number of hydrogen-bond acceptors (Lipinski definition) is 10. The second kappa shape index (κ2) is 15.8. The Labute approximate surface area is 323 Å². The average Bonchev–Trinajstić information content (AvgIpc) is 3.72. The Morgan fingerprint density at radius 1 is 0.927 bits per heavy atom. The fraction of sp³-hybridized carbons (Fsp3) is 0.333. The van der Waals surface area contributed by atoms with Crippen LogP contribution in [-0.4, -0.2) is 80.4 Å². The van der Waals surface area contributed by atoms with E-state index in [1.54, 1.807) is 18.2 Å². The lowest BCUT2D eigenvalue weighted by molar-refractivity contribution is -0.136. The molecule has 0 saturated carbocycles. The van der Waals surface area contributed by atoms with E-state index in [-0.39, 0.29) is 54.5 Å². The minimum Gasteiger partial charge on any atom is -0.394 e. The zero-order valence-electron chi connectivity index (χ0n) is 30.2. The summed E-state index contributed by atoms with van der Waals surface area (Å²) in [6, 6.07) is 22.7. The maximum atomic E-state index is 13.4. The molecule has 1 aromatic heterocycles. The number of piperidine rings is 1. The van der Waals surface area contributed by atoms with Gasteiger partial charge in [-0.15, -0.1) is 11.8 Å². The van der Waals surface area contributed by atoms with Crippen LogP contribution < -0.4 is 16.0 Å². The van der Waals surface area contributed by atoms with Crippen molar-refractivity contribution in [1.29, 1.82) is 0 Å². The van der Waals surface area contributed by atoms with Crippen LogP contribution in [-0.2, 0) is 20.9 Å². The van der Waals surface area contributed by atoms with Crippen LogP contribution in [0.1, 0.15) is 76.4 Å². The molecule has 1 unspecified atom stereocenters. The molecule has 4 N–H and O–H groups in total. The Morgan fingerprint density at radius 2 is 1.75 bits per heavy atom. The minimum absolute atomic E-state index is 0.00493. The third kappa shape index (κ3) is 7.39. The second-order valence-corrected chi connectivity index (χ2v) is 15.7. The molecule has 12 nitrogen and oxygen atoms in total. The molecule has 282 valence electrons. The predicted molar refractivity (Wildman–Crippen MR) is 208 cm³/mol. The number of hydrogen-bond donors (Lipinski definition) is 4. The van der Waals surface area contributed by atoms with Gasteiger partial charge < -0.3 is 15.7 Å². The standard InChI is InChI=1S/C42H42N6O6S/c49-24-33-29-16-19-47(23-25-14-17-43-18-15-25)39(29)31-22-27(10-11-32(31)45-33)26-5-3-6-28(21-26)44-36(50)9-1-2-20-55-35-8-4-7-30-38(35)42(54)48(41(30)53)34-12-13-37(51)46-40(34)52/h3-8,10-11,14-15,17-18,21-22,29,33-34,39,45,49H,1-2,9,12-13,16,19-20,23-24H2,(H,44,50)(H,46,51,52)/t29-,33-,34?,39-/m1/s1. The lowest BCUT2D eigenvalue weighted by Gasteiger charge is -2.39. The van der Waals surface area contributed by atoms with Crippen molar-refractivity contribution in [3.05, 3.63) is 107 Å². The van der Waals surface area contributed by atoms with E-state index in [0.29, 0.717) is 29.9 Å². The molecule has 13 heteroatoms. The fourth-order valence-corrected chi connectivity index (χ4v) is 9.50. The number of likely N-dealkylation sites (tertiary alicyclic amines) is 1. The number of fused-ring (bicyclic) bond motifs is 4. The highest BCUT2D eigenvalue weighted by Gasteiger charge is 2.46. The number of nitrogens with zero attached hydrogens (tertiary/aromatic N) is 3. The number of carbonyl (C=O) groups excluding carboxylic acids is 5. The van der Waals surface area contributed by atoms with E-state index in [1.807, 2.05) is 36.7 Å². The van der Waals surface area contributed by atoms with Crippen molar-refractivity contribution in [2.24, 2.45) is 5.92 Å². The van der Waals surface area contributed by atoms with Gasteiger partial charge in [-0.25, -0.2) is 0 Å². The van der Waals surface area contributed by atoms with Crippen LogP contribution in [0.15, 0.2) is 90.1 Å². The number of amides is 5. The summed E-state index contributed by atoms with van der Waals surface area (Å²) in [4.78, 5) is 71.9. The van der Waals surface area contributed by atoms with Crippen LogP contribution in [0.2, 0.25) is 0 Å². The van der Waals surface area contributed by atoms with E-state index < -0.39 is 29.7 Å². The van der Waals surface area contributed by atoms with Gasteiger partial charge in [-0.05, 0) is 109 Å². The first-order chi connectivity index (χ1) is 26.8. The third-order valence-electron chi connectivity index (χ3n) is 11.1. The van der Waals surface area contributed by atoms with Gasteiger partial charge in [0.2, 0.25) is 17.7 Å². The Morgan fingerprint density at radius 3 is 2.56 bits per heavy atom. The number of rotatable bonds is 12. The smallest absolute Gasteiger partial charge is 0.263 e. The van der Waals surface area contributed by atoms with Crippen molar-refractivity contribution in [3.8, 4) is 11.1 Å². The number of aliphatic hydroxyl groups is 1. The van der Waals surface area contributed by atoms with Gasteiger partial charge in [0, 0.05) is 60.0 Å². The lowest BCUT2D eigenvalue weighted by atomic mass is 9.82. The maximum Gasteiger partial charge on any atom is 0.263 e. The number of aliphatic hydroxyl groups excluding tert-OH is 1. The molecule has 5 heterocycles. The van der Waals surface area contributed by atoms with Crippen LogP contribution >= 0.6 is 11.8 Å². The normalized spacial score (nSPS) is 21.8. The summed E-state index contributed by atoms with van der Waals surface area (Å²) in [7, 11) is 0. The van der Waals surface area contributed by atoms with Crippen molar-refractivity contribution in [2.45, 2.75) is 68.1 Å². The van der Waals surface area contributed by atoms with Gasteiger partial charge in [-0.1, -0.05) is 24.3 Å². The van der Waals surface area contributed by atoms with Crippen LogP contribution in [0.4, 0.5) is 11.4 Å². The molecular weight excluding hydrogens is 717 g/mol. The van der Waals surface area contributed by atoms with Gasteiger partial charge in [0.1, 0.15) is 6.04 Å². The third-order valence-corrected chi connectivity index (χ3v) is 12.2. The minimum atomic E-state index is -1.01. The summed E-state index contributed by atoms with van der Waals surface area (Å²) in [5.41, 5.74) is 6.78. The lowest BCUT2D eigenvalue weighted by Crippen LogP contribution is -2.54. The zero-order valence-corrected chi connectivity index (χ0v) is 31.0. The highest BCUT2D eigenvalue weighted by Crippen LogP contribution is 2.48. The quantitative estimate of drug-likeness (QED) is 0.0837. The number of nitrogens with one attached hydrogen (secondary N) is 3. The van der Waals surface area contributed by atoms with Crippen molar-refractivity contribution in [1.82, 2.24) is 20.1 Å². The van der Waals surface area contributed by atoms with Crippen molar-refractivity contribution in [3.63, 3.8) is 0 Å². The summed E-state index contributed by atoms with van der Waals surface area (Å²) in [5, 5.41) is 19.1. The molecule has 4 atom stereocenters. The molecule has 3 aromatic carbocycles. The predicted octanol–water partition coefficient (Wildman–Crippen LogP) is 5.40. The summed E-state index contributed by atoms with van der Waals surface area (Å²) in [6.45, 7) is 1.84.